The highest BCUT2D eigenvalue weighted by atomic mass is 16.5. The Balaban J connectivity index is 2.33. The summed E-state index contributed by atoms with van der Waals surface area (Å²) in [4.78, 5) is 34.3. The van der Waals surface area contributed by atoms with Crippen molar-refractivity contribution in [1.29, 1.82) is 0 Å². The maximum absolute atomic E-state index is 11.7. The summed E-state index contributed by atoms with van der Waals surface area (Å²) in [6, 6.07) is 8.59. The number of rotatable bonds is 10. The third-order valence-electron chi connectivity index (χ3n) is 3.13. The Bertz CT molecular complexity index is 502. The van der Waals surface area contributed by atoms with Crippen LogP contribution in [0.4, 0.5) is 0 Å². The second-order valence-electron chi connectivity index (χ2n) is 4.93. The molecular weight excluding hydrogens is 284 g/mol. The van der Waals surface area contributed by atoms with Crippen molar-refractivity contribution >= 4 is 17.6 Å². The van der Waals surface area contributed by atoms with Crippen LogP contribution >= 0.6 is 0 Å². The molecule has 0 spiro atoms. The van der Waals surface area contributed by atoms with Crippen LogP contribution < -0.4 is 11.1 Å². The van der Waals surface area contributed by atoms with Crippen molar-refractivity contribution in [1.82, 2.24) is 5.32 Å². The summed E-state index contributed by atoms with van der Waals surface area (Å²) in [6.45, 7) is 1.89. The van der Waals surface area contributed by atoms with E-state index in [9.17, 15) is 14.4 Å². The minimum absolute atomic E-state index is 0.0285. The fraction of sp³-hybridized carbons (Fsp3) is 0.438. The Hall–Kier alpha value is -2.21. The van der Waals surface area contributed by atoms with Gasteiger partial charge in [0.05, 0.1) is 6.61 Å². The first-order chi connectivity index (χ1) is 10.5. The van der Waals surface area contributed by atoms with Crippen LogP contribution in [0.15, 0.2) is 30.3 Å². The fourth-order valence-corrected chi connectivity index (χ4v) is 1.84. The third kappa shape index (κ3) is 6.99. The van der Waals surface area contributed by atoms with Crippen molar-refractivity contribution in [2.75, 3.05) is 6.61 Å². The van der Waals surface area contributed by atoms with Crippen LogP contribution in [0.1, 0.15) is 31.7 Å². The summed E-state index contributed by atoms with van der Waals surface area (Å²) in [5.41, 5.74) is 6.18. The number of ether oxygens (including phenoxy) is 1. The van der Waals surface area contributed by atoms with Gasteiger partial charge in [0.15, 0.2) is 0 Å². The van der Waals surface area contributed by atoms with Crippen LogP contribution in [0.2, 0.25) is 0 Å². The predicted molar refractivity (Wildman–Crippen MR) is 81.8 cm³/mol. The summed E-state index contributed by atoms with van der Waals surface area (Å²) >= 11 is 0. The van der Waals surface area contributed by atoms with E-state index in [1.807, 2.05) is 30.3 Å². The number of nitrogens with two attached hydrogens (primary N) is 1. The Kier molecular flexibility index (Phi) is 7.85. The summed E-state index contributed by atoms with van der Waals surface area (Å²) in [5, 5.41) is 2.49. The van der Waals surface area contributed by atoms with Crippen molar-refractivity contribution in [2.24, 2.45) is 5.73 Å². The Morgan fingerprint density at radius 1 is 1.23 bits per heavy atom. The number of carbonyl (C=O) groups excluding carboxylic acids is 3. The Labute approximate surface area is 130 Å². The molecule has 0 bridgehead atoms. The molecule has 0 aliphatic heterocycles. The zero-order valence-electron chi connectivity index (χ0n) is 12.7. The highest BCUT2D eigenvalue weighted by Gasteiger charge is 2.18. The van der Waals surface area contributed by atoms with Gasteiger partial charge in [0, 0.05) is 12.8 Å². The zero-order valence-corrected chi connectivity index (χ0v) is 12.7. The van der Waals surface area contributed by atoms with E-state index in [0.717, 1.165) is 5.56 Å². The van der Waals surface area contributed by atoms with Gasteiger partial charge in [-0.05, 0) is 12.0 Å². The number of nitrogens with one attached hydrogen (secondary N) is 1. The molecule has 120 valence electrons. The molecule has 6 heteroatoms. The third-order valence-corrected chi connectivity index (χ3v) is 3.13. The number of ketones is 1. The molecule has 0 heterocycles. The predicted octanol–water partition coefficient (Wildman–Crippen LogP) is 0.933. The van der Waals surface area contributed by atoms with E-state index in [1.165, 1.54) is 0 Å². The maximum atomic E-state index is 11.7. The number of primary amides is 1. The van der Waals surface area contributed by atoms with Crippen LogP contribution in [-0.4, -0.2) is 30.2 Å². The molecule has 2 amide bonds. The van der Waals surface area contributed by atoms with Gasteiger partial charge in [0.2, 0.25) is 11.8 Å². The average Bonchev–Trinajstić information content (AvgIpc) is 2.51. The summed E-state index contributed by atoms with van der Waals surface area (Å²) in [6.07, 6.45) is 0.835. The largest absolute Gasteiger partial charge is 0.368 e. The van der Waals surface area contributed by atoms with Gasteiger partial charge in [-0.1, -0.05) is 37.3 Å². The van der Waals surface area contributed by atoms with E-state index in [2.05, 4.69) is 5.32 Å². The molecule has 0 aliphatic rings. The first-order valence-electron chi connectivity index (χ1n) is 7.25. The van der Waals surface area contributed by atoms with Gasteiger partial charge in [-0.2, -0.15) is 0 Å². The van der Waals surface area contributed by atoms with Crippen LogP contribution in [0.5, 0.6) is 0 Å². The normalized spacial score (nSPS) is 11.7. The smallest absolute Gasteiger partial charge is 0.246 e. The van der Waals surface area contributed by atoms with E-state index in [1.54, 1.807) is 6.92 Å². The molecule has 1 rings (SSSR count). The maximum Gasteiger partial charge on any atom is 0.246 e. The molecule has 6 nitrogen and oxygen atoms in total. The molecule has 1 aromatic rings. The van der Waals surface area contributed by atoms with Crippen molar-refractivity contribution < 1.29 is 19.1 Å². The van der Waals surface area contributed by atoms with Crippen LogP contribution in [0.25, 0.3) is 0 Å². The van der Waals surface area contributed by atoms with Gasteiger partial charge in [-0.25, -0.2) is 0 Å². The van der Waals surface area contributed by atoms with E-state index in [-0.39, 0.29) is 25.2 Å². The number of hydrogen-bond donors (Lipinski definition) is 2. The van der Waals surface area contributed by atoms with Crippen molar-refractivity contribution in [3.8, 4) is 0 Å². The number of hydrogen-bond acceptors (Lipinski definition) is 4. The second-order valence-corrected chi connectivity index (χ2v) is 4.93. The lowest BCUT2D eigenvalue weighted by molar-refractivity contribution is -0.131. The number of carbonyl (C=O) groups is 3. The van der Waals surface area contributed by atoms with Gasteiger partial charge >= 0.3 is 0 Å². The highest BCUT2D eigenvalue weighted by molar-refractivity contribution is 5.87. The van der Waals surface area contributed by atoms with E-state index in [4.69, 9.17) is 10.5 Å². The first-order valence-corrected chi connectivity index (χ1v) is 7.25. The second kappa shape index (κ2) is 9.68. The van der Waals surface area contributed by atoms with Crippen LogP contribution in [0, 0.1) is 0 Å². The standard InChI is InChI=1S/C16H22N2O4/c1-2-13(19)8-9-14(16(17)21)18-15(20)11-22-10-12-6-4-3-5-7-12/h3-7,14H,2,8-11H2,1H3,(H2,17,21)(H,18,20)/t14-/m0/s1. The van der Waals surface area contributed by atoms with Gasteiger partial charge in [0.25, 0.3) is 0 Å². The molecule has 0 fully saturated rings. The lowest BCUT2D eigenvalue weighted by atomic mass is 10.1. The van der Waals surface area contributed by atoms with Crippen LogP contribution in [-0.2, 0) is 25.7 Å². The molecule has 0 radical (unpaired) electrons. The van der Waals surface area contributed by atoms with Crippen molar-refractivity contribution in [3.63, 3.8) is 0 Å². The number of amides is 2. The Morgan fingerprint density at radius 3 is 2.50 bits per heavy atom. The number of Topliss-reactive ketones (excluding diaryl/α,β-unsaturated/α-hetero) is 1. The van der Waals surface area contributed by atoms with E-state index < -0.39 is 17.9 Å². The van der Waals surface area contributed by atoms with Gasteiger partial charge in [-0.15, -0.1) is 0 Å². The molecule has 0 aromatic heterocycles. The fourth-order valence-electron chi connectivity index (χ4n) is 1.84. The lowest BCUT2D eigenvalue weighted by Gasteiger charge is -2.15. The minimum Gasteiger partial charge on any atom is -0.368 e. The monoisotopic (exact) mass is 306 g/mol. The molecule has 1 aromatic carbocycles. The molecule has 22 heavy (non-hydrogen) atoms. The molecule has 0 saturated carbocycles. The van der Waals surface area contributed by atoms with E-state index in [0.29, 0.717) is 13.0 Å². The molecule has 0 aliphatic carbocycles. The molecule has 0 unspecified atom stereocenters. The van der Waals surface area contributed by atoms with Crippen LogP contribution in [0.3, 0.4) is 0 Å². The number of benzene rings is 1. The molecule has 0 saturated heterocycles. The topological polar surface area (TPSA) is 98.5 Å². The van der Waals surface area contributed by atoms with Gasteiger partial charge < -0.3 is 15.8 Å². The minimum atomic E-state index is -0.844. The molecular formula is C16H22N2O4. The summed E-state index contributed by atoms with van der Waals surface area (Å²) in [5.74, 6) is -1.05. The summed E-state index contributed by atoms with van der Waals surface area (Å²) < 4.78 is 5.28. The van der Waals surface area contributed by atoms with Gasteiger partial charge in [-0.3, -0.25) is 14.4 Å². The lowest BCUT2D eigenvalue weighted by Crippen LogP contribution is -2.45. The molecule has 3 N–H and O–H groups in total. The van der Waals surface area contributed by atoms with Gasteiger partial charge in [0.1, 0.15) is 18.4 Å². The van der Waals surface area contributed by atoms with E-state index >= 15 is 0 Å². The van der Waals surface area contributed by atoms with Crippen molar-refractivity contribution in [3.05, 3.63) is 35.9 Å². The average molecular weight is 306 g/mol. The van der Waals surface area contributed by atoms with Crippen molar-refractivity contribution in [2.45, 2.75) is 38.8 Å². The molecule has 1 atom stereocenters. The first kappa shape index (κ1) is 17.8. The Morgan fingerprint density at radius 2 is 1.91 bits per heavy atom. The summed E-state index contributed by atoms with van der Waals surface area (Å²) in [7, 11) is 0. The quantitative estimate of drug-likeness (QED) is 0.672. The zero-order chi connectivity index (χ0) is 16.4. The SMILES string of the molecule is CCC(=O)CC[C@H](NC(=O)COCc1ccccc1)C(N)=O. The highest BCUT2D eigenvalue weighted by Crippen LogP contribution is 2.02.